The predicted molar refractivity (Wildman–Crippen MR) is 73.5 cm³/mol. The zero-order valence-electron chi connectivity index (χ0n) is 11.6. The Morgan fingerprint density at radius 3 is 3.05 bits per heavy atom. The van der Waals surface area contributed by atoms with Gasteiger partial charge in [0.1, 0.15) is 0 Å². The molecular weight excluding hydrogens is 260 g/mol. The van der Waals surface area contributed by atoms with Crippen LogP contribution >= 0.6 is 0 Å². The second-order valence-corrected chi connectivity index (χ2v) is 4.40. The number of nitrogens with zero attached hydrogens (tertiary/aromatic N) is 3. The number of ether oxygens (including phenoxy) is 1. The number of rotatable bonds is 6. The summed E-state index contributed by atoms with van der Waals surface area (Å²) in [6.45, 7) is 2.90. The van der Waals surface area contributed by atoms with Gasteiger partial charge >= 0.3 is 0 Å². The number of nitrogens with one attached hydrogen (secondary N) is 1. The summed E-state index contributed by atoms with van der Waals surface area (Å²) in [6.07, 6.45) is 1.54. The number of aryl methyl sites for hydroxylation is 2. The van der Waals surface area contributed by atoms with Crippen molar-refractivity contribution in [2.45, 2.75) is 6.92 Å². The average Bonchev–Trinajstić information content (AvgIpc) is 2.73. The molecule has 2 N–H and O–H groups in total. The third-order valence-corrected chi connectivity index (χ3v) is 2.89. The average molecular weight is 278 g/mol. The van der Waals surface area contributed by atoms with E-state index in [9.17, 15) is 4.79 Å². The molecule has 0 saturated carbocycles. The number of fused-ring (bicyclic) bond motifs is 1. The molecule has 0 bridgehead atoms. The van der Waals surface area contributed by atoms with Crippen LogP contribution in [0.1, 0.15) is 16.1 Å². The molecule has 0 spiro atoms. The standard InChI is InChI=1S/C13H18N4O3/c1-9-11-7-10(8-15-12(11)17(2)16-9)13(19)14-3-5-20-6-4-18/h7-8,18H,3-6H2,1-2H3,(H,14,19). The summed E-state index contributed by atoms with van der Waals surface area (Å²) < 4.78 is 6.76. The van der Waals surface area contributed by atoms with Crippen LogP contribution in [0.15, 0.2) is 12.3 Å². The molecule has 0 fully saturated rings. The monoisotopic (exact) mass is 278 g/mol. The quantitative estimate of drug-likeness (QED) is 0.727. The van der Waals surface area contributed by atoms with E-state index in [2.05, 4.69) is 15.4 Å². The topological polar surface area (TPSA) is 89.3 Å². The van der Waals surface area contributed by atoms with E-state index in [1.54, 1.807) is 10.7 Å². The Kier molecular flexibility index (Phi) is 4.65. The van der Waals surface area contributed by atoms with Crippen molar-refractivity contribution >= 4 is 16.9 Å². The van der Waals surface area contributed by atoms with Crippen molar-refractivity contribution in [2.24, 2.45) is 7.05 Å². The van der Waals surface area contributed by atoms with E-state index in [0.717, 1.165) is 16.7 Å². The third kappa shape index (κ3) is 3.12. The van der Waals surface area contributed by atoms with Crippen molar-refractivity contribution < 1.29 is 14.6 Å². The van der Waals surface area contributed by atoms with Gasteiger partial charge < -0.3 is 15.2 Å². The molecule has 0 atom stereocenters. The second kappa shape index (κ2) is 6.44. The van der Waals surface area contributed by atoms with Crippen LogP contribution in [0.25, 0.3) is 11.0 Å². The van der Waals surface area contributed by atoms with Crippen LogP contribution < -0.4 is 5.32 Å². The minimum Gasteiger partial charge on any atom is -0.394 e. The van der Waals surface area contributed by atoms with Gasteiger partial charge in [-0.3, -0.25) is 9.48 Å². The zero-order chi connectivity index (χ0) is 14.5. The number of carbonyl (C=O) groups is 1. The lowest BCUT2D eigenvalue weighted by Crippen LogP contribution is -2.27. The fraction of sp³-hybridized carbons (Fsp3) is 0.462. The number of amides is 1. The molecule has 1 amide bonds. The Bertz CT molecular complexity index is 609. The molecule has 2 heterocycles. The Hall–Kier alpha value is -1.99. The maximum Gasteiger partial charge on any atom is 0.252 e. The zero-order valence-corrected chi connectivity index (χ0v) is 11.6. The highest BCUT2D eigenvalue weighted by molar-refractivity contribution is 5.97. The first-order chi connectivity index (χ1) is 9.63. The van der Waals surface area contributed by atoms with Crippen LogP contribution in [0.5, 0.6) is 0 Å². The lowest BCUT2D eigenvalue weighted by atomic mass is 10.2. The van der Waals surface area contributed by atoms with Gasteiger partial charge in [-0.1, -0.05) is 0 Å². The van der Waals surface area contributed by atoms with Gasteiger partial charge in [0.2, 0.25) is 0 Å². The van der Waals surface area contributed by atoms with Gasteiger partial charge in [-0.25, -0.2) is 4.98 Å². The van der Waals surface area contributed by atoms with Gasteiger partial charge in [0.25, 0.3) is 5.91 Å². The van der Waals surface area contributed by atoms with Crippen molar-refractivity contribution in [3.05, 3.63) is 23.5 Å². The lowest BCUT2D eigenvalue weighted by Gasteiger charge is -2.05. The minimum absolute atomic E-state index is 0.0190. The third-order valence-electron chi connectivity index (χ3n) is 2.89. The van der Waals surface area contributed by atoms with Crippen LogP contribution in [-0.2, 0) is 11.8 Å². The van der Waals surface area contributed by atoms with Gasteiger partial charge in [0, 0.05) is 25.2 Å². The largest absolute Gasteiger partial charge is 0.394 e. The Balaban J connectivity index is 2.01. The van der Waals surface area contributed by atoms with Gasteiger partial charge in [-0.05, 0) is 13.0 Å². The van der Waals surface area contributed by atoms with E-state index in [1.807, 2.05) is 14.0 Å². The number of pyridine rings is 1. The van der Waals surface area contributed by atoms with Crippen molar-refractivity contribution in [1.82, 2.24) is 20.1 Å². The van der Waals surface area contributed by atoms with Crippen LogP contribution in [0, 0.1) is 6.92 Å². The van der Waals surface area contributed by atoms with E-state index in [4.69, 9.17) is 9.84 Å². The second-order valence-electron chi connectivity index (χ2n) is 4.40. The van der Waals surface area contributed by atoms with E-state index in [1.165, 1.54) is 6.20 Å². The van der Waals surface area contributed by atoms with E-state index >= 15 is 0 Å². The molecule has 7 nitrogen and oxygen atoms in total. The molecule has 0 aromatic carbocycles. The fourth-order valence-electron chi connectivity index (χ4n) is 1.94. The van der Waals surface area contributed by atoms with Crippen molar-refractivity contribution in [2.75, 3.05) is 26.4 Å². The Labute approximate surface area is 116 Å². The van der Waals surface area contributed by atoms with E-state index in [0.29, 0.717) is 18.7 Å². The number of carbonyl (C=O) groups excluding carboxylic acids is 1. The van der Waals surface area contributed by atoms with Crippen molar-refractivity contribution in [3.63, 3.8) is 0 Å². The molecule has 0 aliphatic carbocycles. The van der Waals surface area contributed by atoms with Gasteiger partial charge in [-0.15, -0.1) is 0 Å². The first-order valence-electron chi connectivity index (χ1n) is 6.39. The van der Waals surface area contributed by atoms with E-state index in [-0.39, 0.29) is 19.1 Å². The smallest absolute Gasteiger partial charge is 0.252 e. The SMILES string of the molecule is Cc1nn(C)c2ncc(C(=O)NCCOCCO)cc12. The lowest BCUT2D eigenvalue weighted by molar-refractivity contribution is 0.0838. The van der Waals surface area contributed by atoms with Crippen LogP contribution in [-0.4, -0.2) is 52.1 Å². The molecule has 0 radical (unpaired) electrons. The normalized spacial score (nSPS) is 10.9. The summed E-state index contributed by atoms with van der Waals surface area (Å²) >= 11 is 0. The molecular formula is C13H18N4O3. The molecule has 0 aliphatic heterocycles. The van der Waals surface area contributed by atoms with Gasteiger partial charge in [-0.2, -0.15) is 5.10 Å². The highest BCUT2D eigenvalue weighted by atomic mass is 16.5. The molecule has 20 heavy (non-hydrogen) atoms. The maximum absolute atomic E-state index is 12.0. The first kappa shape index (κ1) is 14.4. The summed E-state index contributed by atoms with van der Waals surface area (Å²) in [5.74, 6) is -0.199. The van der Waals surface area contributed by atoms with Gasteiger partial charge in [0.15, 0.2) is 5.65 Å². The maximum atomic E-state index is 12.0. The Morgan fingerprint density at radius 1 is 1.50 bits per heavy atom. The molecule has 2 aromatic heterocycles. The van der Waals surface area contributed by atoms with Gasteiger partial charge in [0.05, 0.1) is 31.1 Å². The van der Waals surface area contributed by atoms with E-state index < -0.39 is 0 Å². The van der Waals surface area contributed by atoms with Crippen molar-refractivity contribution in [3.8, 4) is 0 Å². The van der Waals surface area contributed by atoms with Crippen LogP contribution in [0.3, 0.4) is 0 Å². The molecule has 108 valence electrons. The molecule has 2 rings (SSSR count). The minimum atomic E-state index is -0.199. The number of aromatic nitrogens is 3. The summed E-state index contributed by atoms with van der Waals surface area (Å²) in [7, 11) is 1.82. The highest BCUT2D eigenvalue weighted by Crippen LogP contribution is 2.16. The molecule has 0 saturated heterocycles. The number of aliphatic hydroxyl groups excluding tert-OH is 1. The molecule has 2 aromatic rings. The summed E-state index contributed by atoms with van der Waals surface area (Å²) in [5.41, 5.74) is 2.09. The van der Waals surface area contributed by atoms with Crippen LogP contribution in [0.2, 0.25) is 0 Å². The number of hydrogen-bond donors (Lipinski definition) is 2. The number of aliphatic hydroxyl groups is 1. The summed E-state index contributed by atoms with van der Waals surface area (Å²) in [4.78, 5) is 16.2. The predicted octanol–water partition coefficient (Wildman–Crippen LogP) is 0.0154. The van der Waals surface area contributed by atoms with Crippen LogP contribution in [0.4, 0.5) is 0 Å². The summed E-state index contributed by atoms with van der Waals surface area (Å²) in [6, 6.07) is 1.79. The Morgan fingerprint density at radius 2 is 2.30 bits per heavy atom. The van der Waals surface area contributed by atoms with Crippen molar-refractivity contribution in [1.29, 1.82) is 0 Å². The number of hydrogen-bond acceptors (Lipinski definition) is 5. The molecule has 7 heteroatoms. The molecule has 0 aliphatic rings. The highest BCUT2D eigenvalue weighted by Gasteiger charge is 2.11. The summed E-state index contributed by atoms with van der Waals surface area (Å²) in [5, 5.41) is 16.4. The fourth-order valence-corrected chi connectivity index (χ4v) is 1.94. The first-order valence-corrected chi connectivity index (χ1v) is 6.39. The molecule has 0 unspecified atom stereocenters.